The first-order valence-corrected chi connectivity index (χ1v) is 11.5. The van der Waals surface area contributed by atoms with E-state index in [0.717, 1.165) is 45.0 Å². The van der Waals surface area contributed by atoms with Gasteiger partial charge in [0, 0.05) is 63.3 Å². The predicted octanol–water partition coefficient (Wildman–Crippen LogP) is 2.76. The van der Waals surface area contributed by atoms with Crippen molar-refractivity contribution >= 4 is 35.0 Å². The highest BCUT2D eigenvalue weighted by atomic mass is 16.6. The Kier molecular flexibility index (Phi) is 9.33. The highest BCUT2D eigenvalue weighted by Gasteiger charge is 2.15. The molecule has 2 aromatic rings. The number of carbonyl (C=O) groups excluding carboxylic acids is 2. The number of nitrogens with zero attached hydrogens (tertiary/aromatic N) is 3. The molecule has 0 atom stereocenters. The number of ether oxygens (including phenoxy) is 1. The lowest BCUT2D eigenvalue weighted by molar-refractivity contribution is -0.384. The zero-order valence-corrected chi connectivity index (χ0v) is 20.0. The lowest BCUT2D eigenvalue weighted by Crippen LogP contribution is -2.38. The summed E-state index contributed by atoms with van der Waals surface area (Å²) in [6, 6.07) is 11.1. The number of hydrogen-bond donors (Lipinski definition) is 2. The Morgan fingerprint density at radius 2 is 1.86 bits per heavy atom. The smallest absolute Gasteiger partial charge is 0.269 e. The summed E-state index contributed by atoms with van der Waals surface area (Å²) in [6.45, 7) is 4.79. The second-order valence-corrected chi connectivity index (χ2v) is 8.36. The Morgan fingerprint density at radius 3 is 2.51 bits per heavy atom. The van der Waals surface area contributed by atoms with E-state index < -0.39 is 4.92 Å². The van der Waals surface area contributed by atoms with Gasteiger partial charge in [-0.3, -0.25) is 24.6 Å². The quantitative estimate of drug-likeness (QED) is 0.232. The van der Waals surface area contributed by atoms with Gasteiger partial charge in [0.2, 0.25) is 5.91 Å². The Hall–Kier alpha value is -3.76. The summed E-state index contributed by atoms with van der Waals surface area (Å²) >= 11 is 0. The van der Waals surface area contributed by atoms with Crippen LogP contribution in [0.25, 0.3) is 6.08 Å². The van der Waals surface area contributed by atoms with Crippen molar-refractivity contribution in [1.29, 1.82) is 0 Å². The van der Waals surface area contributed by atoms with Crippen LogP contribution in [0.1, 0.15) is 22.3 Å². The molecular formula is C25H31N5O5. The fourth-order valence-electron chi connectivity index (χ4n) is 3.67. The van der Waals surface area contributed by atoms with Crippen LogP contribution < -0.4 is 15.5 Å². The third kappa shape index (κ3) is 7.90. The van der Waals surface area contributed by atoms with Crippen LogP contribution in [0.2, 0.25) is 0 Å². The molecule has 1 fully saturated rings. The van der Waals surface area contributed by atoms with Gasteiger partial charge in [0.25, 0.3) is 11.6 Å². The van der Waals surface area contributed by atoms with Gasteiger partial charge in [-0.2, -0.15) is 0 Å². The van der Waals surface area contributed by atoms with E-state index in [-0.39, 0.29) is 17.5 Å². The van der Waals surface area contributed by atoms with Crippen LogP contribution in [0.3, 0.4) is 0 Å². The van der Waals surface area contributed by atoms with Gasteiger partial charge >= 0.3 is 0 Å². The van der Waals surface area contributed by atoms with Gasteiger partial charge in [-0.25, -0.2) is 0 Å². The first kappa shape index (κ1) is 25.9. The fraction of sp³-hybridized carbons (Fsp3) is 0.360. The van der Waals surface area contributed by atoms with Crippen LogP contribution in [-0.2, 0) is 9.53 Å². The number of nitrogens with one attached hydrogen (secondary N) is 2. The number of nitro groups is 1. The van der Waals surface area contributed by atoms with Gasteiger partial charge in [0.1, 0.15) is 0 Å². The molecule has 10 nitrogen and oxygen atoms in total. The molecule has 0 spiro atoms. The SMILES string of the molecule is CN(C)c1ccc(NC(=O)/C=C/c2ccc([N+](=O)[O-])cc2)cc1C(=O)NCCCN1CCOCC1. The summed E-state index contributed by atoms with van der Waals surface area (Å²) in [7, 11) is 3.71. The van der Waals surface area contributed by atoms with Crippen molar-refractivity contribution in [3.05, 3.63) is 69.8 Å². The summed E-state index contributed by atoms with van der Waals surface area (Å²) in [5, 5.41) is 16.5. The Morgan fingerprint density at radius 1 is 1.14 bits per heavy atom. The first-order valence-electron chi connectivity index (χ1n) is 11.5. The van der Waals surface area contributed by atoms with E-state index in [9.17, 15) is 19.7 Å². The van der Waals surface area contributed by atoms with E-state index in [1.807, 2.05) is 19.0 Å². The summed E-state index contributed by atoms with van der Waals surface area (Å²) in [6.07, 6.45) is 3.74. The third-order valence-electron chi connectivity index (χ3n) is 5.56. The molecule has 1 saturated heterocycles. The van der Waals surface area contributed by atoms with Crippen molar-refractivity contribution in [2.75, 3.05) is 63.7 Å². The number of anilines is 2. The highest BCUT2D eigenvalue weighted by molar-refractivity contribution is 6.05. The standard InChI is InChI=1S/C25H31N5O5/c1-28(2)23-10-7-20(27-24(31)11-6-19-4-8-21(9-5-19)30(33)34)18-22(23)25(32)26-12-3-13-29-14-16-35-17-15-29/h4-11,18H,3,12-17H2,1-2H3,(H,26,32)(H,27,31)/b11-6+. The van der Waals surface area contributed by atoms with E-state index in [2.05, 4.69) is 15.5 Å². The number of hydrogen-bond acceptors (Lipinski definition) is 7. The van der Waals surface area contributed by atoms with Gasteiger partial charge < -0.3 is 20.3 Å². The van der Waals surface area contributed by atoms with E-state index >= 15 is 0 Å². The number of morpholine rings is 1. The van der Waals surface area contributed by atoms with Gasteiger partial charge in [-0.15, -0.1) is 0 Å². The lowest BCUT2D eigenvalue weighted by Gasteiger charge is -2.26. The maximum Gasteiger partial charge on any atom is 0.269 e. The molecule has 1 aliphatic rings. The molecular weight excluding hydrogens is 450 g/mol. The molecule has 0 aromatic heterocycles. The zero-order valence-electron chi connectivity index (χ0n) is 20.0. The fourth-order valence-corrected chi connectivity index (χ4v) is 3.67. The van der Waals surface area contributed by atoms with Crippen molar-refractivity contribution < 1.29 is 19.2 Å². The first-order chi connectivity index (χ1) is 16.8. The molecule has 35 heavy (non-hydrogen) atoms. The molecule has 0 saturated carbocycles. The minimum atomic E-state index is -0.477. The molecule has 2 aromatic carbocycles. The topological polar surface area (TPSA) is 117 Å². The summed E-state index contributed by atoms with van der Waals surface area (Å²) in [5.41, 5.74) is 2.35. The number of nitro benzene ring substituents is 1. The Balaban J connectivity index is 1.59. The second-order valence-electron chi connectivity index (χ2n) is 8.36. The minimum absolute atomic E-state index is 0.0144. The van der Waals surface area contributed by atoms with Crippen molar-refractivity contribution in [3.63, 3.8) is 0 Å². The van der Waals surface area contributed by atoms with E-state index in [0.29, 0.717) is 23.4 Å². The number of amides is 2. The third-order valence-corrected chi connectivity index (χ3v) is 5.56. The van der Waals surface area contributed by atoms with Crippen molar-refractivity contribution in [1.82, 2.24) is 10.2 Å². The average molecular weight is 482 g/mol. The van der Waals surface area contributed by atoms with Crippen LogP contribution >= 0.6 is 0 Å². The summed E-state index contributed by atoms with van der Waals surface area (Å²) in [4.78, 5) is 39.7. The number of non-ortho nitro benzene ring substituents is 1. The Labute approximate surface area is 204 Å². The largest absolute Gasteiger partial charge is 0.379 e. The van der Waals surface area contributed by atoms with E-state index in [1.165, 1.54) is 18.2 Å². The summed E-state index contributed by atoms with van der Waals surface area (Å²) < 4.78 is 5.35. The van der Waals surface area contributed by atoms with Crippen LogP contribution in [0, 0.1) is 10.1 Å². The maximum atomic E-state index is 12.9. The monoisotopic (exact) mass is 481 g/mol. The summed E-state index contributed by atoms with van der Waals surface area (Å²) in [5.74, 6) is -0.578. The average Bonchev–Trinajstić information content (AvgIpc) is 2.86. The molecule has 0 aliphatic carbocycles. The molecule has 3 rings (SSSR count). The van der Waals surface area contributed by atoms with E-state index in [1.54, 1.807) is 36.4 Å². The van der Waals surface area contributed by atoms with E-state index in [4.69, 9.17) is 4.74 Å². The molecule has 1 aliphatic heterocycles. The van der Waals surface area contributed by atoms with Crippen molar-refractivity contribution in [3.8, 4) is 0 Å². The van der Waals surface area contributed by atoms with Crippen LogP contribution in [0.5, 0.6) is 0 Å². The highest BCUT2D eigenvalue weighted by Crippen LogP contribution is 2.23. The molecule has 10 heteroatoms. The molecule has 2 N–H and O–H groups in total. The van der Waals surface area contributed by atoms with Crippen LogP contribution in [0.4, 0.5) is 17.1 Å². The minimum Gasteiger partial charge on any atom is -0.379 e. The number of benzene rings is 2. The van der Waals surface area contributed by atoms with Crippen molar-refractivity contribution in [2.45, 2.75) is 6.42 Å². The number of rotatable bonds is 10. The van der Waals surface area contributed by atoms with Crippen LogP contribution in [0.15, 0.2) is 48.5 Å². The van der Waals surface area contributed by atoms with Gasteiger partial charge in [0.15, 0.2) is 0 Å². The lowest BCUT2D eigenvalue weighted by atomic mass is 10.1. The van der Waals surface area contributed by atoms with Crippen molar-refractivity contribution in [2.24, 2.45) is 0 Å². The second kappa shape index (κ2) is 12.6. The molecule has 186 valence electrons. The predicted molar refractivity (Wildman–Crippen MR) is 136 cm³/mol. The molecule has 0 radical (unpaired) electrons. The maximum absolute atomic E-state index is 12.9. The van der Waals surface area contributed by atoms with Gasteiger partial charge in [-0.1, -0.05) is 0 Å². The molecule has 1 heterocycles. The van der Waals surface area contributed by atoms with Crippen LogP contribution in [-0.4, -0.2) is 75.1 Å². The molecule has 0 bridgehead atoms. The van der Waals surface area contributed by atoms with Gasteiger partial charge in [0.05, 0.1) is 23.7 Å². The Bertz CT molecular complexity index is 1060. The van der Waals surface area contributed by atoms with Gasteiger partial charge in [-0.05, 0) is 54.9 Å². The zero-order chi connectivity index (χ0) is 25.2. The number of carbonyl (C=O) groups is 2. The normalized spacial score (nSPS) is 14.0. The molecule has 2 amide bonds. The molecule has 0 unspecified atom stereocenters.